The van der Waals surface area contributed by atoms with E-state index in [1.807, 2.05) is 0 Å². The molecule has 3 saturated carbocycles. The third-order valence-corrected chi connectivity index (χ3v) is 6.50. The van der Waals surface area contributed by atoms with Crippen molar-refractivity contribution in [2.24, 2.45) is 17.8 Å². The number of ether oxygens (including phenoxy) is 1. The highest BCUT2D eigenvalue weighted by atomic mass is 16.6. The first-order chi connectivity index (χ1) is 14.7. The smallest absolute Gasteiger partial charge is 0.408 e. The fourth-order valence-corrected chi connectivity index (χ4v) is 5.29. The third kappa shape index (κ3) is 3.62. The summed E-state index contributed by atoms with van der Waals surface area (Å²) in [5.74, 6) is -3.39. The summed E-state index contributed by atoms with van der Waals surface area (Å²) in [6.45, 7) is 0.605. The van der Waals surface area contributed by atoms with Crippen LogP contribution in [0.3, 0.4) is 0 Å². The largest absolute Gasteiger partial charge is 0.479 e. The number of aliphatic carboxylic acids is 1. The van der Waals surface area contributed by atoms with Crippen molar-refractivity contribution in [3.8, 4) is 0 Å². The first-order valence-electron chi connectivity index (χ1n) is 10.1. The number of amides is 4. The number of alkyl carbamates (subject to hydrolysis) is 1. The van der Waals surface area contributed by atoms with Gasteiger partial charge in [-0.1, -0.05) is 0 Å². The van der Waals surface area contributed by atoms with Gasteiger partial charge in [0.15, 0.2) is 6.61 Å². The zero-order valence-corrected chi connectivity index (χ0v) is 16.9. The van der Waals surface area contributed by atoms with Gasteiger partial charge in [0.25, 0.3) is 0 Å². The molecule has 10 nitrogen and oxygen atoms in total. The molecule has 3 aliphatic carbocycles. The van der Waals surface area contributed by atoms with Crippen molar-refractivity contribution in [3.63, 3.8) is 0 Å². The Morgan fingerprint density at radius 2 is 1.77 bits per heavy atom. The maximum absolute atomic E-state index is 13.4. The Hall–Kier alpha value is -3.43. The number of carbonyl (C=O) groups is 5. The summed E-state index contributed by atoms with van der Waals surface area (Å²) in [7, 11) is 0. The number of anilines is 2. The van der Waals surface area contributed by atoms with Crippen LogP contribution in [0.4, 0.5) is 16.2 Å². The number of nitrogens with zero attached hydrogens (tertiary/aromatic N) is 1. The van der Waals surface area contributed by atoms with E-state index < -0.39 is 36.0 Å². The summed E-state index contributed by atoms with van der Waals surface area (Å²) in [6.07, 6.45) is 1.52. The van der Waals surface area contributed by atoms with Gasteiger partial charge in [-0.2, -0.15) is 0 Å². The van der Waals surface area contributed by atoms with Crippen molar-refractivity contribution in [2.75, 3.05) is 16.8 Å². The highest BCUT2D eigenvalue weighted by Crippen LogP contribution is 2.55. The molecule has 2 unspecified atom stereocenters. The number of carboxylic acids is 1. The number of nitrogens with one attached hydrogen (secondary N) is 2. The van der Waals surface area contributed by atoms with E-state index in [9.17, 15) is 24.0 Å². The van der Waals surface area contributed by atoms with Crippen LogP contribution in [0.25, 0.3) is 0 Å². The summed E-state index contributed by atoms with van der Waals surface area (Å²) in [5.41, 5.74) is 0.0146. The normalized spacial score (nSPS) is 28.8. The topological polar surface area (TPSA) is 142 Å². The molecule has 3 N–H and O–H groups in total. The molecule has 1 aromatic carbocycles. The molecular weight excluding hydrogens is 406 g/mol. The van der Waals surface area contributed by atoms with Gasteiger partial charge in [0.2, 0.25) is 17.7 Å². The number of imide groups is 1. The molecule has 2 atom stereocenters. The molecule has 4 amide bonds. The Balaban J connectivity index is 1.59. The first-order valence-corrected chi connectivity index (χ1v) is 10.1. The van der Waals surface area contributed by atoms with Gasteiger partial charge in [0.1, 0.15) is 0 Å². The quantitative estimate of drug-likeness (QED) is 0.602. The van der Waals surface area contributed by atoms with Crippen LogP contribution in [0.5, 0.6) is 0 Å². The number of carboxylic acid groups (broad SMARTS) is 1. The molecule has 2 bridgehead atoms. The van der Waals surface area contributed by atoms with Gasteiger partial charge < -0.3 is 20.5 Å². The SMILES string of the molecule is CC(=O)Nc1ccc(N2C(=O)C3C4CCC(NC(=O)OCC(=O)O)(CC4)C3C2=O)cc1. The van der Waals surface area contributed by atoms with Crippen LogP contribution in [-0.2, 0) is 23.9 Å². The predicted octanol–water partition coefficient (Wildman–Crippen LogP) is 1.50. The molecule has 1 aliphatic heterocycles. The van der Waals surface area contributed by atoms with E-state index in [1.54, 1.807) is 24.3 Å². The Kier molecular flexibility index (Phi) is 5.16. The monoisotopic (exact) mass is 429 g/mol. The first kappa shape index (κ1) is 20.8. The number of hydrogen-bond acceptors (Lipinski definition) is 6. The van der Waals surface area contributed by atoms with Gasteiger partial charge in [-0.25, -0.2) is 14.5 Å². The van der Waals surface area contributed by atoms with Gasteiger partial charge in [0.05, 0.1) is 23.1 Å². The molecule has 1 saturated heterocycles. The van der Waals surface area contributed by atoms with Gasteiger partial charge >= 0.3 is 12.1 Å². The number of benzene rings is 1. The minimum atomic E-state index is -1.28. The summed E-state index contributed by atoms with van der Waals surface area (Å²) in [5, 5.41) is 14.1. The molecule has 10 heteroatoms. The Bertz CT molecular complexity index is 950. The number of hydrogen-bond donors (Lipinski definition) is 3. The average molecular weight is 429 g/mol. The van der Waals surface area contributed by atoms with Crippen molar-refractivity contribution < 1.29 is 33.8 Å². The number of carbonyl (C=O) groups excluding carboxylic acids is 4. The molecule has 1 heterocycles. The van der Waals surface area contributed by atoms with Crippen LogP contribution in [0.1, 0.15) is 32.6 Å². The molecule has 5 rings (SSSR count). The summed E-state index contributed by atoms with van der Waals surface area (Å²) >= 11 is 0. The molecule has 0 radical (unpaired) electrons. The highest BCUT2D eigenvalue weighted by molar-refractivity contribution is 6.23. The lowest BCUT2D eigenvalue weighted by atomic mass is 9.55. The van der Waals surface area contributed by atoms with Gasteiger partial charge in [-0.15, -0.1) is 0 Å². The van der Waals surface area contributed by atoms with Crippen LogP contribution < -0.4 is 15.5 Å². The van der Waals surface area contributed by atoms with Crippen LogP contribution in [0.2, 0.25) is 0 Å². The summed E-state index contributed by atoms with van der Waals surface area (Å²) in [6, 6.07) is 6.43. The van der Waals surface area contributed by atoms with Crippen molar-refractivity contribution in [1.29, 1.82) is 0 Å². The van der Waals surface area contributed by atoms with E-state index in [4.69, 9.17) is 9.84 Å². The van der Waals surface area contributed by atoms with E-state index in [2.05, 4.69) is 10.6 Å². The second kappa shape index (κ2) is 7.68. The lowest BCUT2D eigenvalue weighted by molar-refractivity contribution is -0.140. The van der Waals surface area contributed by atoms with Crippen molar-refractivity contribution in [1.82, 2.24) is 5.32 Å². The van der Waals surface area contributed by atoms with Crippen molar-refractivity contribution in [2.45, 2.75) is 38.1 Å². The van der Waals surface area contributed by atoms with Gasteiger partial charge in [0, 0.05) is 12.6 Å². The standard InChI is InChI=1S/C21H23N3O7/c1-11(25)22-13-2-4-14(5-3-13)24-18(28)16-12-6-8-21(9-7-12,17(16)19(24)29)23-20(30)31-10-15(26)27/h2-5,12,16-17H,6-10H2,1H3,(H,22,25)(H,23,30)(H,26,27). The lowest BCUT2D eigenvalue weighted by Crippen LogP contribution is -2.63. The summed E-state index contributed by atoms with van der Waals surface area (Å²) in [4.78, 5) is 61.9. The maximum Gasteiger partial charge on any atom is 0.408 e. The molecule has 1 aromatic rings. The number of rotatable bonds is 5. The fourth-order valence-electron chi connectivity index (χ4n) is 5.29. The van der Waals surface area contributed by atoms with Gasteiger partial charge in [-0.3, -0.25) is 14.4 Å². The Labute approximate surface area is 177 Å². The van der Waals surface area contributed by atoms with E-state index in [0.717, 1.165) is 4.90 Å². The van der Waals surface area contributed by atoms with Crippen molar-refractivity contribution in [3.05, 3.63) is 24.3 Å². The predicted molar refractivity (Wildman–Crippen MR) is 107 cm³/mol. The molecular formula is C21H23N3O7. The Morgan fingerprint density at radius 1 is 1.13 bits per heavy atom. The minimum Gasteiger partial charge on any atom is -0.479 e. The summed E-state index contributed by atoms with van der Waals surface area (Å²) < 4.78 is 4.72. The van der Waals surface area contributed by atoms with Crippen LogP contribution in [0, 0.1) is 17.8 Å². The molecule has 0 aromatic heterocycles. The average Bonchev–Trinajstić information content (AvgIpc) is 3.00. The zero-order valence-electron chi connectivity index (χ0n) is 16.9. The highest BCUT2D eigenvalue weighted by Gasteiger charge is 2.65. The zero-order chi connectivity index (χ0) is 22.3. The van der Waals surface area contributed by atoms with E-state index in [1.165, 1.54) is 6.92 Å². The Morgan fingerprint density at radius 3 is 2.35 bits per heavy atom. The third-order valence-electron chi connectivity index (χ3n) is 6.50. The fraction of sp³-hybridized carbons (Fsp3) is 0.476. The van der Waals surface area contributed by atoms with E-state index >= 15 is 0 Å². The molecule has 4 aliphatic rings. The minimum absolute atomic E-state index is 0.0591. The lowest BCUT2D eigenvalue weighted by Gasteiger charge is -2.51. The van der Waals surface area contributed by atoms with E-state index in [0.29, 0.717) is 37.1 Å². The molecule has 4 fully saturated rings. The van der Waals surface area contributed by atoms with Crippen LogP contribution in [-0.4, -0.2) is 47.0 Å². The van der Waals surface area contributed by atoms with Crippen LogP contribution in [0.15, 0.2) is 24.3 Å². The molecule has 0 spiro atoms. The van der Waals surface area contributed by atoms with E-state index in [-0.39, 0.29) is 23.6 Å². The second-order valence-corrected chi connectivity index (χ2v) is 8.33. The van der Waals surface area contributed by atoms with Crippen molar-refractivity contribution >= 4 is 41.2 Å². The van der Waals surface area contributed by atoms with Gasteiger partial charge in [-0.05, 0) is 55.9 Å². The number of fused-ring (bicyclic) bond motifs is 2. The molecule has 31 heavy (non-hydrogen) atoms. The molecule has 164 valence electrons. The maximum atomic E-state index is 13.4. The van der Waals surface area contributed by atoms with Crippen LogP contribution >= 0.6 is 0 Å². The second-order valence-electron chi connectivity index (χ2n) is 8.33.